The van der Waals surface area contributed by atoms with Crippen LogP contribution in [0.5, 0.6) is 0 Å². The van der Waals surface area contributed by atoms with Gasteiger partial charge in [0.2, 0.25) is 15.9 Å². The van der Waals surface area contributed by atoms with Crippen LogP contribution in [-0.2, 0) is 34.2 Å². The lowest BCUT2D eigenvalue weighted by molar-refractivity contribution is -0.116. The lowest BCUT2D eigenvalue weighted by Gasteiger charge is -2.16. The first-order valence-corrected chi connectivity index (χ1v) is 13.0. The normalized spacial score (nSPS) is 13.0. The fourth-order valence-electron chi connectivity index (χ4n) is 3.88. The lowest BCUT2D eigenvalue weighted by atomic mass is 9.92. The van der Waals surface area contributed by atoms with Crippen molar-refractivity contribution < 1.29 is 22.4 Å². The van der Waals surface area contributed by atoms with Crippen LogP contribution in [0.15, 0.2) is 70.2 Å². The van der Waals surface area contributed by atoms with Crippen molar-refractivity contribution in [2.24, 2.45) is 0 Å². The molecule has 2 aromatic carbocycles. The number of amides is 3. The monoisotopic (exact) mass is 496 g/mol. The summed E-state index contributed by atoms with van der Waals surface area (Å²) in [6.07, 6.45) is 5.60. The van der Waals surface area contributed by atoms with Crippen LogP contribution >= 0.6 is 0 Å². The van der Waals surface area contributed by atoms with Crippen molar-refractivity contribution in [1.29, 1.82) is 0 Å². The molecule has 0 saturated carbocycles. The number of carbonyl (C=O) groups is 2. The second-order valence-corrected chi connectivity index (χ2v) is 10.1. The van der Waals surface area contributed by atoms with Crippen LogP contribution in [0.4, 0.5) is 16.2 Å². The predicted molar refractivity (Wildman–Crippen MR) is 133 cm³/mol. The first-order valence-electron chi connectivity index (χ1n) is 11.5. The average molecular weight is 497 g/mol. The zero-order valence-corrected chi connectivity index (χ0v) is 20.0. The molecule has 1 heterocycles. The quantitative estimate of drug-likeness (QED) is 0.358. The Hall–Kier alpha value is -3.63. The van der Waals surface area contributed by atoms with E-state index in [1.165, 1.54) is 11.8 Å². The van der Waals surface area contributed by atoms with Crippen LogP contribution in [0.25, 0.3) is 0 Å². The number of urea groups is 1. The molecule has 3 amide bonds. The van der Waals surface area contributed by atoms with Gasteiger partial charge in [-0.2, -0.15) is 0 Å². The third-order valence-electron chi connectivity index (χ3n) is 5.70. The molecule has 184 valence electrons. The maximum atomic E-state index is 12.6. The van der Waals surface area contributed by atoms with Crippen molar-refractivity contribution in [2.75, 3.05) is 17.2 Å². The average Bonchev–Trinajstić information content (AvgIpc) is 3.37. The van der Waals surface area contributed by atoms with Gasteiger partial charge in [-0.15, -0.1) is 0 Å². The number of hydrogen-bond acceptors (Lipinski definition) is 5. The molecule has 0 saturated heterocycles. The molecule has 0 spiro atoms. The van der Waals surface area contributed by atoms with Crippen LogP contribution in [0, 0.1) is 0 Å². The number of anilines is 2. The van der Waals surface area contributed by atoms with Gasteiger partial charge in [0, 0.05) is 24.3 Å². The molecule has 0 radical (unpaired) electrons. The molecule has 9 nitrogen and oxygen atoms in total. The minimum absolute atomic E-state index is 0.0132. The molecule has 35 heavy (non-hydrogen) atoms. The van der Waals surface area contributed by atoms with E-state index in [2.05, 4.69) is 20.7 Å². The minimum atomic E-state index is -3.68. The Bertz CT molecular complexity index is 1270. The van der Waals surface area contributed by atoms with E-state index in [0.29, 0.717) is 17.1 Å². The van der Waals surface area contributed by atoms with Crippen LogP contribution in [0.3, 0.4) is 0 Å². The Balaban J connectivity index is 1.21. The molecule has 3 aromatic rings. The number of hydrogen-bond donors (Lipinski definition) is 4. The second-order valence-electron chi connectivity index (χ2n) is 8.30. The van der Waals surface area contributed by atoms with E-state index < -0.39 is 10.0 Å². The molecule has 0 aliphatic heterocycles. The first kappa shape index (κ1) is 24.5. The van der Waals surface area contributed by atoms with Crippen molar-refractivity contribution in [1.82, 2.24) is 10.0 Å². The summed E-state index contributed by atoms with van der Waals surface area (Å²) < 4.78 is 32.9. The molecule has 0 fully saturated rings. The Morgan fingerprint density at radius 1 is 0.886 bits per heavy atom. The van der Waals surface area contributed by atoms with Crippen LogP contribution in [0.2, 0.25) is 0 Å². The van der Waals surface area contributed by atoms with E-state index in [-0.39, 0.29) is 36.3 Å². The molecule has 0 unspecified atom stereocenters. The second kappa shape index (κ2) is 11.2. The molecule has 0 bridgehead atoms. The Morgan fingerprint density at radius 2 is 1.60 bits per heavy atom. The van der Waals surface area contributed by atoms with Gasteiger partial charge in [-0.05, 0) is 85.3 Å². The van der Waals surface area contributed by atoms with Gasteiger partial charge < -0.3 is 20.4 Å². The van der Waals surface area contributed by atoms with Crippen molar-refractivity contribution in [3.63, 3.8) is 0 Å². The van der Waals surface area contributed by atoms with E-state index in [4.69, 9.17) is 4.42 Å². The molecular formula is C25H28N4O5S. The van der Waals surface area contributed by atoms with E-state index in [1.807, 2.05) is 6.07 Å². The van der Waals surface area contributed by atoms with Crippen molar-refractivity contribution in [2.45, 2.75) is 43.5 Å². The summed E-state index contributed by atoms with van der Waals surface area (Å²) in [7, 11) is -3.68. The Kier molecular flexibility index (Phi) is 7.84. The number of fused-ring (bicyclic) bond motifs is 1. The highest BCUT2D eigenvalue weighted by Gasteiger charge is 2.18. The van der Waals surface area contributed by atoms with Crippen LogP contribution in [0.1, 0.15) is 36.1 Å². The number of rotatable bonds is 9. The van der Waals surface area contributed by atoms with Crippen LogP contribution in [-0.4, -0.2) is 26.9 Å². The Labute approximate surface area is 204 Å². The van der Waals surface area contributed by atoms with Gasteiger partial charge in [0.25, 0.3) is 0 Å². The predicted octanol–water partition coefficient (Wildman–Crippen LogP) is 3.79. The summed E-state index contributed by atoms with van der Waals surface area (Å²) in [5, 5.41) is 8.08. The number of carbonyl (C=O) groups excluding carboxylic acids is 2. The summed E-state index contributed by atoms with van der Waals surface area (Å²) in [5.74, 6) is 0.318. The zero-order chi connectivity index (χ0) is 24.7. The summed E-state index contributed by atoms with van der Waals surface area (Å²) in [5.41, 5.74) is 3.39. The van der Waals surface area contributed by atoms with Gasteiger partial charge in [-0.25, -0.2) is 17.9 Å². The summed E-state index contributed by atoms with van der Waals surface area (Å²) >= 11 is 0. The van der Waals surface area contributed by atoms with Gasteiger partial charge in [0.15, 0.2) is 0 Å². The smallest absolute Gasteiger partial charge is 0.319 e. The van der Waals surface area contributed by atoms with E-state index in [1.54, 1.807) is 48.5 Å². The van der Waals surface area contributed by atoms with E-state index in [0.717, 1.165) is 31.2 Å². The van der Waals surface area contributed by atoms with Gasteiger partial charge in [-0.1, -0.05) is 6.07 Å². The SMILES string of the molecule is O=C(CCNS(=O)(=O)c1ccc2c(c1)CCCC2)Nc1ccc(NC(=O)NCc2ccco2)cc1. The molecule has 1 aliphatic rings. The number of aryl methyl sites for hydroxylation is 2. The van der Waals surface area contributed by atoms with Crippen molar-refractivity contribution in [3.05, 3.63) is 77.7 Å². The Morgan fingerprint density at radius 3 is 2.31 bits per heavy atom. The summed E-state index contributed by atoms with van der Waals surface area (Å²) in [4.78, 5) is 24.4. The number of furan rings is 1. The van der Waals surface area contributed by atoms with E-state index in [9.17, 15) is 18.0 Å². The molecule has 4 N–H and O–H groups in total. The molecule has 4 rings (SSSR count). The summed E-state index contributed by atoms with van der Waals surface area (Å²) in [6, 6.07) is 15.0. The van der Waals surface area contributed by atoms with Gasteiger partial charge in [0.1, 0.15) is 5.76 Å². The van der Waals surface area contributed by atoms with Gasteiger partial charge in [-0.3, -0.25) is 4.79 Å². The third kappa shape index (κ3) is 6.93. The molecule has 1 aliphatic carbocycles. The topological polar surface area (TPSA) is 130 Å². The molecule has 0 atom stereocenters. The highest BCUT2D eigenvalue weighted by molar-refractivity contribution is 7.89. The van der Waals surface area contributed by atoms with Gasteiger partial charge >= 0.3 is 6.03 Å². The maximum Gasteiger partial charge on any atom is 0.319 e. The molecule has 1 aromatic heterocycles. The van der Waals surface area contributed by atoms with E-state index >= 15 is 0 Å². The van der Waals surface area contributed by atoms with Crippen molar-refractivity contribution in [3.8, 4) is 0 Å². The van der Waals surface area contributed by atoms with Gasteiger partial charge in [0.05, 0.1) is 17.7 Å². The number of sulfonamides is 1. The third-order valence-corrected chi connectivity index (χ3v) is 7.16. The highest BCUT2D eigenvalue weighted by atomic mass is 32.2. The van der Waals surface area contributed by atoms with Crippen molar-refractivity contribution >= 4 is 33.3 Å². The summed E-state index contributed by atoms with van der Waals surface area (Å²) in [6.45, 7) is 0.254. The number of nitrogens with one attached hydrogen (secondary N) is 4. The standard InChI is InChI=1S/C25H28N4O5S/c30-24(13-14-27-35(32,33)23-12-7-18-4-1-2-5-19(18)16-23)28-20-8-10-21(11-9-20)29-25(31)26-17-22-6-3-15-34-22/h3,6-12,15-16,27H,1-2,4-5,13-14,17H2,(H,28,30)(H2,26,29,31). The largest absolute Gasteiger partial charge is 0.467 e. The maximum absolute atomic E-state index is 12.6. The zero-order valence-electron chi connectivity index (χ0n) is 19.2. The first-order chi connectivity index (χ1) is 16.9. The molecule has 10 heteroatoms. The molecular weight excluding hydrogens is 468 g/mol. The lowest BCUT2D eigenvalue weighted by Crippen LogP contribution is -2.28. The van der Waals surface area contributed by atoms with Crippen LogP contribution < -0.4 is 20.7 Å². The highest BCUT2D eigenvalue weighted by Crippen LogP contribution is 2.24. The minimum Gasteiger partial charge on any atom is -0.467 e. The fraction of sp³-hybridized carbons (Fsp3) is 0.280. The fourth-order valence-corrected chi connectivity index (χ4v) is 4.96. The number of benzene rings is 2.